The molecule has 19 heavy (non-hydrogen) atoms. The Morgan fingerprint density at radius 1 is 0.842 bits per heavy atom. The standard InChI is InChI=1S/C17H14O2/c18-16(12-10-14-6-2-1-3-7-14)13-11-15-8-4-5-9-17(15)19/h1-13,19H/b12-10+,13-11+. The van der Waals surface area contributed by atoms with Crippen LogP contribution in [0.2, 0.25) is 0 Å². The average Bonchev–Trinajstić information content (AvgIpc) is 2.45. The number of benzene rings is 2. The molecule has 94 valence electrons. The summed E-state index contributed by atoms with van der Waals surface area (Å²) < 4.78 is 0. The smallest absolute Gasteiger partial charge is 0.178 e. The summed E-state index contributed by atoms with van der Waals surface area (Å²) in [6.07, 6.45) is 6.31. The van der Waals surface area contributed by atoms with Gasteiger partial charge >= 0.3 is 0 Å². The maximum atomic E-state index is 11.6. The first-order valence-electron chi connectivity index (χ1n) is 5.99. The van der Waals surface area contributed by atoms with E-state index in [1.807, 2.05) is 36.4 Å². The summed E-state index contributed by atoms with van der Waals surface area (Å²) in [7, 11) is 0. The van der Waals surface area contributed by atoms with Gasteiger partial charge in [-0.15, -0.1) is 0 Å². The molecule has 0 heterocycles. The van der Waals surface area contributed by atoms with Crippen LogP contribution < -0.4 is 0 Å². The quantitative estimate of drug-likeness (QED) is 0.840. The number of phenolic OH excluding ortho intramolecular Hbond substituents is 1. The first-order valence-corrected chi connectivity index (χ1v) is 5.99. The second-order valence-corrected chi connectivity index (χ2v) is 4.04. The third-order valence-corrected chi connectivity index (χ3v) is 2.60. The highest BCUT2D eigenvalue weighted by molar-refractivity contribution is 6.04. The van der Waals surface area contributed by atoms with E-state index in [9.17, 15) is 9.90 Å². The largest absolute Gasteiger partial charge is 0.507 e. The molecule has 0 saturated heterocycles. The fourth-order valence-corrected chi connectivity index (χ4v) is 1.60. The van der Waals surface area contributed by atoms with Crippen molar-refractivity contribution in [2.24, 2.45) is 0 Å². The van der Waals surface area contributed by atoms with Crippen LogP contribution in [0, 0.1) is 0 Å². The van der Waals surface area contributed by atoms with Crippen molar-refractivity contribution < 1.29 is 9.90 Å². The number of hydrogen-bond acceptors (Lipinski definition) is 2. The lowest BCUT2D eigenvalue weighted by Crippen LogP contribution is -1.85. The summed E-state index contributed by atoms with van der Waals surface area (Å²) in [6.45, 7) is 0. The van der Waals surface area contributed by atoms with Crippen LogP contribution in [0.4, 0.5) is 0 Å². The van der Waals surface area contributed by atoms with E-state index < -0.39 is 0 Å². The summed E-state index contributed by atoms with van der Waals surface area (Å²) in [5, 5.41) is 9.55. The first-order chi connectivity index (χ1) is 9.25. The molecule has 0 aliphatic carbocycles. The van der Waals surface area contributed by atoms with Crippen LogP contribution in [0.3, 0.4) is 0 Å². The minimum absolute atomic E-state index is 0.118. The van der Waals surface area contributed by atoms with E-state index in [2.05, 4.69) is 0 Å². The Bertz CT molecular complexity index is 610. The van der Waals surface area contributed by atoms with Gasteiger partial charge < -0.3 is 5.11 Å². The highest BCUT2D eigenvalue weighted by atomic mass is 16.3. The Hall–Kier alpha value is -2.61. The fraction of sp³-hybridized carbons (Fsp3) is 0. The van der Waals surface area contributed by atoms with E-state index in [0.29, 0.717) is 5.56 Å². The van der Waals surface area contributed by atoms with Crippen molar-refractivity contribution in [2.75, 3.05) is 0 Å². The molecule has 2 aromatic rings. The van der Waals surface area contributed by atoms with Crippen molar-refractivity contribution >= 4 is 17.9 Å². The SMILES string of the molecule is O=C(/C=C/c1ccccc1)/C=C/c1ccccc1O. The van der Waals surface area contributed by atoms with Crippen LogP contribution in [-0.4, -0.2) is 10.9 Å². The van der Waals surface area contributed by atoms with E-state index in [0.717, 1.165) is 5.56 Å². The van der Waals surface area contributed by atoms with Crippen LogP contribution in [0.5, 0.6) is 5.75 Å². The van der Waals surface area contributed by atoms with E-state index >= 15 is 0 Å². The molecule has 0 saturated carbocycles. The van der Waals surface area contributed by atoms with E-state index in [1.165, 1.54) is 12.2 Å². The number of phenols is 1. The highest BCUT2D eigenvalue weighted by Gasteiger charge is 1.95. The molecule has 0 atom stereocenters. The zero-order chi connectivity index (χ0) is 13.5. The third kappa shape index (κ3) is 3.96. The fourth-order valence-electron chi connectivity index (χ4n) is 1.60. The third-order valence-electron chi connectivity index (χ3n) is 2.60. The average molecular weight is 250 g/mol. The van der Waals surface area contributed by atoms with Gasteiger partial charge in [0.1, 0.15) is 5.75 Å². The molecular formula is C17H14O2. The lowest BCUT2D eigenvalue weighted by molar-refractivity contribution is -0.110. The van der Waals surface area contributed by atoms with Gasteiger partial charge in [0, 0.05) is 5.56 Å². The van der Waals surface area contributed by atoms with E-state index in [-0.39, 0.29) is 11.5 Å². The van der Waals surface area contributed by atoms with E-state index in [1.54, 1.807) is 30.4 Å². The molecule has 0 amide bonds. The number of carbonyl (C=O) groups is 1. The number of hydrogen-bond donors (Lipinski definition) is 1. The van der Waals surface area contributed by atoms with Gasteiger partial charge in [-0.1, -0.05) is 54.6 Å². The van der Waals surface area contributed by atoms with Crippen LogP contribution in [-0.2, 0) is 4.79 Å². The van der Waals surface area contributed by atoms with Crippen molar-refractivity contribution in [2.45, 2.75) is 0 Å². The number of para-hydroxylation sites is 1. The Kier molecular flexibility index (Phi) is 4.29. The number of carbonyl (C=O) groups excluding carboxylic acids is 1. The zero-order valence-electron chi connectivity index (χ0n) is 10.4. The predicted octanol–water partition coefficient (Wildman–Crippen LogP) is 3.69. The second-order valence-electron chi connectivity index (χ2n) is 4.04. The molecule has 2 heteroatoms. The van der Waals surface area contributed by atoms with Crippen LogP contribution in [0.25, 0.3) is 12.2 Å². The van der Waals surface area contributed by atoms with Gasteiger partial charge in [0.2, 0.25) is 0 Å². The summed E-state index contributed by atoms with van der Waals surface area (Å²) in [4.78, 5) is 11.6. The molecule has 0 unspecified atom stereocenters. The van der Waals surface area contributed by atoms with Crippen molar-refractivity contribution in [1.29, 1.82) is 0 Å². The van der Waals surface area contributed by atoms with Gasteiger partial charge in [0.05, 0.1) is 0 Å². The molecule has 0 radical (unpaired) electrons. The lowest BCUT2D eigenvalue weighted by Gasteiger charge is -1.96. The molecule has 2 rings (SSSR count). The second kappa shape index (κ2) is 6.36. The topological polar surface area (TPSA) is 37.3 Å². The van der Waals surface area contributed by atoms with Gasteiger partial charge in [-0.3, -0.25) is 4.79 Å². The van der Waals surface area contributed by atoms with Gasteiger partial charge in [0.15, 0.2) is 5.78 Å². The monoisotopic (exact) mass is 250 g/mol. The lowest BCUT2D eigenvalue weighted by atomic mass is 10.1. The van der Waals surface area contributed by atoms with Crippen LogP contribution in [0.15, 0.2) is 66.7 Å². The molecule has 0 fully saturated rings. The molecular weight excluding hydrogens is 236 g/mol. The Morgan fingerprint density at radius 2 is 1.47 bits per heavy atom. The summed E-state index contributed by atoms with van der Waals surface area (Å²) >= 11 is 0. The highest BCUT2D eigenvalue weighted by Crippen LogP contribution is 2.16. The Morgan fingerprint density at radius 3 is 2.21 bits per heavy atom. The van der Waals surface area contributed by atoms with Crippen molar-refractivity contribution in [3.8, 4) is 5.75 Å². The zero-order valence-corrected chi connectivity index (χ0v) is 10.4. The maximum absolute atomic E-state index is 11.6. The molecule has 2 aromatic carbocycles. The van der Waals surface area contributed by atoms with E-state index in [4.69, 9.17) is 0 Å². The number of rotatable bonds is 4. The Balaban J connectivity index is 2.02. The molecule has 0 bridgehead atoms. The van der Waals surface area contributed by atoms with Gasteiger partial charge in [0.25, 0.3) is 0 Å². The molecule has 2 nitrogen and oxygen atoms in total. The number of ketones is 1. The normalized spacial score (nSPS) is 11.2. The van der Waals surface area contributed by atoms with Crippen molar-refractivity contribution in [1.82, 2.24) is 0 Å². The first kappa shape index (κ1) is 12.8. The number of allylic oxidation sites excluding steroid dienone is 2. The van der Waals surface area contributed by atoms with Gasteiger partial charge in [-0.2, -0.15) is 0 Å². The molecule has 1 N–H and O–H groups in total. The summed E-state index contributed by atoms with van der Waals surface area (Å²) in [6, 6.07) is 16.5. The minimum atomic E-state index is -0.118. The van der Waals surface area contributed by atoms with Crippen molar-refractivity contribution in [3.63, 3.8) is 0 Å². The molecule has 0 aliphatic heterocycles. The minimum Gasteiger partial charge on any atom is -0.507 e. The molecule has 0 aliphatic rings. The summed E-state index contributed by atoms with van der Waals surface area (Å²) in [5.74, 6) is 0.0469. The predicted molar refractivity (Wildman–Crippen MR) is 77.6 cm³/mol. The van der Waals surface area contributed by atoms with Crippen LogP contribution in [0.1, 0.15) is 11.1 Å². The molecule has 0 aromatic heterocycles. The van der Waals surface area contributed by atoms with Gasteiger partial charge in [-0.05, 0) is 29.9 Å². The molecule has 0 spiro atoms. The van der Waals surface area contributed by atoms with Gasteiger partial charge in [-0.25, -0.2) is 0 Å². The maximum Gasteiger partial charge on any atom is 0.178 e. The number of aromatic hydroxyl groups is 1. The Labute approximate surface area is 112 Å². The van der Waals surface area contributed by atoms with Crippen LogP contribution >= 0.6 is 0 Å². The summed E-state index contributed by atoms with van der Waals surface area (Å²) in [5.41, 5.74) is 1.61. The van der Waals surface area contributed by atoms with Crippen molar-refractivity contribution in [3.05, 3.63) is 77.9 Å².